The number of nitrogens with one attached hydrogen (secondary N) is 1. The number of benzene rings is 1. The highest BCUT2D eigenvalue weighted by Crippen LogP contribution is 2.31. The molecule has 4 aromatic heterocycles. The zero-order chi connectivity index (χ0) is 25.1. The van der Waals surface area contributed by atoms with Gasteiger partial charge in [0.2, 0.25) is 0 Å². The van der Waals surface area contributed by atoms with Crippen molar-refractivity contribution in [3.05, 3.63) is 96.7 Å². The SMILES string of the molecule is CC(C)S(=O)(=O)Cc1cncc(-c2nc(NCc3ccccn3)c3c(-c4ccccc4)ccn3n2)c1. The van der Waals surface area contributed by atoms with Crippen molar-refractivity contribution in [3.63, 3.8) is 0 Å². The zero-order valence-corrected chi connectivity index (χ0v) is 20.9. The minimum atomic E-state index is -3.26. The highest BCUT2D eigenvalue weighted by atomic mass is 32.2. The summed E-state index contributed by atoms with van der Waals surface area (Å²) >= 11 is 0. The van der Waals surface area contributed by atoms with Crippen molar-refractivity contribution >= 4 is 21.2 Å². The molecule has 0 amide bonds. The molecule has 36 heavy (non-hydrogen) atoms. The van der Waals surface area contributed by atoms with Crippen LogP contribution in [0.4, 0.5) is 5.82 Å². The van der Waals surface area contributed by atoms with Gasteiger partial charge in [0.1, 0.15) is 5.52 Å². The van der Waals surface area contributed by atoms with Crippen LogP contribution in [0.25, 0.3) is 28.0 Å². The third-order valence-corrected chi connectivity index (χ3v) is 8.07. The summed E-state index contributed by atoms with van der Waals surface area (Å²) < 4.78 is 26.7. The monoisotopic (exact) mass is 498 g/mol. The average molecular weight is 499 g/mol. The number of hydrogen-bond donors (Lipinski definition) is 1. The van der Waals surface area contributed by atoms with Crippen LogP contribution in [0, 0.1) is 0 Å². The fourth-order valence-corrected chi connectivity index (χ4v) is 4.84. The Hall–Kier alpha value is -4.11. The number of hydrogen-bond acceptors (Lipinski definition) is 7. The molecule has 0 saturated carbocycles. The molecule has 0 spiro atoms. The summed E-state index contributed by atoms with van der Waals surface area (Å²) in [5.74, 6) is 1.01. The average Bonchev–Trinajstić information content (AvgIpc) is 3.32. The quantitative estimate of drug-likeness (QED) is 0.328. The van der Waals surface area contributed by atoms with Crippen molar-refractivity contribution in [1.82, 2.24) is 24.6 Å². The molecule has 0 radical (unpaired) electrons. The van der Waals surface area contributed by atoms with Gasteiger partial charge in [0.05, 0.1) is 23.2 Å². The van der Waals surface area contributed by atoms with Crippen molar-refractivity contribution in [3.8, 4) is 22.5 Å². The summed E-state index contributed by atoms with van der Waals surface area (Å²) in [6, 6.07) is 19.7. The smallest absolute Gasteiger partial charge is 0.183 e. The van der Waals surface area contributed by atoms with E-state index in [1.807, 2.05) is 60.8 Å². The maximum absolute atomic E-state index is 12.5. The van der Waals surface area contributed by atoms with Crippen LogP contribution in [-0.4, -0.2) is 38.2 Å². The molecule has 0 aliphatic carbocycles. The normalized spacial score (nSPS) is 11.8. The topological polar surface area (TPSA) is 102 Å². The van der Waals surface area contributed by atoms with Crippen LogP contribution in [-0.2, 0) is 22.1 Å². The van der Waals surface area contributed by atoms with Crippen molar-refractivity contribution < 1.29 is 8.42 Å². The van der Waals surface area contributed by atoms with E-state index in [4.69, 9.17) is 10.1 Å². The summed E-state index contributed by atoms with van der Waals surface area (Å²) in [5.41, 5.74) is 5.02. The third-order valence-electron chi connectivity index (χ3n) is 5.90. The van der Waals surface area contributed by atoms with E-state index >= 15 is 0 Å². The van der Waals surface area contributed by atoms with Crippen LogP contribution in [0.5, 0.6) is 0 Å². The van der Waals surface area contributed by atoms with E-state index in [1.165, 1.54) is 0 Å². The van der Waals surface area contributed by atoms with Crippen molar-refractivity contribution in [2.75, 3.05) is 5.32 Å². The lowest BCUT2D eigenvalue weighted by atomic mass is 10.1. The van der Waals surface area contributed by atoms with E-state index in [0.717, 1.165) is 22.3 Å². The Morgan fingerprint density at radius 2 is 1.78 bits per heavy atom. The Kier molecular flexibility index (Phi) is 6.47. The van der Waals surface area contributed by atoms with Gasteiger partial charge in [0.25, 0.3) is 0 Å². The second kappa shape index (κ2) is 9.87. The number of nitrogens with zero attached hydrogens (tertiary/aromatic N) is 5. The van der Waals surface area contributed by atoms with Crippen LogP contribution in [0.1, 0.15) is 25.1 Å². The van der Waals surface area contributed by atoms with Gasteiger partial charge in [-0.2, -0.15) is 0 Å². The van der Waals surface area contributed by atoms with E-state index in [1.54, 1.807) is 43.0 Å². The van der Waals surface area contributed by atoms with Gasteiger partial charge in [-0.15, -0.1) is 5.10 Å². The lowest BCUT2D eigenvalue weighted by molar-refractivity contribution is 0.586. The molecule has 0 saturated heterocycles. The minimum absolute atomic E-state index is 0.0831. The fourth-order valence-electron chi connectivity index (χ4n) is 3.89. The van der Waals surface area contributed by atoms with E-state index in [9.17, 15) is 8.42 Å². The number of anilines is 1. The molecule has 5 aromatic rings. The molecule has 8 nitrogen and oxygen atoms in total. The first kappa shape index (κ1) is 23.6. The highest BCUT2D eigenvalue weighted by molar-refractivity contribution is 7.91. The molecule has 0 fully saturated rings. The van der Waals surface area contributed by atoms with Gasteiger partial charge < -0.3 is 5.32 Å². The Balaban J connectivity index is 1.59. The van der Waals surface area contributed by atoms with Crippen LogP contribution in [0.3, 0.4) is 0 Å². The summed E-state index contributed by atoms with van der Waals surface area (Å²) in [7, 11) is -3.26. The number of rotatable bonds is 8. The van der Waals surface area contributed by atoms with Gasteiger partial charge in [-0.25, -0.2) is 17.9 Å². The van der Waals surface area contributed by atoms with Gasteiger partial charge in [0.15, 0.2) is 21.5 Å². The molecular weight excluding hydrogens is 472 g/mol. The molecule has 1 N–H and O–H groups in total. The number of pyridine rings is 2. The maximum atomic E-state index is 12.5. The van der Waals surface area contributed by atoms with Crippen molar-refractivity contribution in [2.45, 2.75) is 31.4 Å². The molecule has 1 aromatic carbocycles. The second-order valence-corrected chi connectivity index (χ2v) is 11.3. The molecule has 0 unspecified atom stereocenters. The minimum Gasteiger partial charge on any atom is -0.363 e. The standard InChI is InChI=1S/C27H26N6O2S/c1-19(2)36(34,35)18-20-14-22(16-28-15-20)26-31-27(30-17-23-10-6-7-12-29-23)25-24(11-13-33(25)32-26)21-8-4-3-5-9-21/h3-16,19H,17-18H2,1-2H3,(H,30,31,32). The lowest BCUT2D eigenvalue weighted by Gasteiger charge is -2.12. The number of fused-ring (bicyclic) bond motifs is 1. The maximum Gasteiger partial charge on any atom is 0.183 e. The lowest BCUT2D eigenvalue weighted by Crippen LogP contribution is -2.16. The predicted octanol–water partition coefficient (Wildman–Crippen LogP) is 4.79. The highest BCUT2D eigenvalue weighted by Gasteiger charge is 2.19. The van der Waals surface area contributed by atoms with Gasteiger partial charge in [-0.1, -0.05) is 36.4 Å². The van der Waals surface area contributed by atoms with E-state index in [2.05, 4.69) is 15.3 Å². The first-order chi connectivity index (χ1) is 17.4. The van der Waals surface area contributed by atoms with Crippen molar-refractivity contribution in [1.29, 1.82) is 0 Å². The van der Waals surface area contributed by atoms with Crippen LogP contribution < -0.4 is 5.32 Å². The Labute approximate surface area is 210 Å². The molecule has 0 atom stereocenters. The zero-order valence-electron chi connectivity index (χ0n) is 20.0. The summed E-state index contributed by atoms with van der Waals surface area (Å²) in [6.07, 6.45) is 6.88. The predicted molar refractivity (Wildman–Crippen MR) is 141 cm³/mol. The van der Waals surface area contributed by atoms with Gasteiger partial charge in [0, 0.05) is 35.9 Å². The summed E-state index contributed by atoms with van der Waals surface area (Å²) in [5, 5.41) is 7.70. The number of aromatic nitrogens is 5. The fraction of sp³-hybridized carbons (Fsp3) is 0.185. The Bertz CT molecular complexity index is 1600. The van der Waals surface area contributed by atoms with Crippen LogP contribution in [0.15, 0.2) is 85.5 Å². The van der Waals surface area contributed by atoms with Crippen LogP contribution >= 0.6 is 0 Å². The van der Waals surface area contributed by atoms with Crippen LogP contribution in [0.2, 0.25) is 0 Å². The van der Waals surface area contributed by atoms with E-state index < -0.39 is 15.1 Å². The summed E-state index contributed by atoms with van der Waals surface area (Å²) in [6.45, 7) is 3.84. The number of sulfone groups is 1. The first-order valence-electron chi connectivity index (χ1n) is 11.6. The van der Waals surface area contributed by atoms with Gasteiger partial charge in [-0.05, 0) is 49.2 Å². The van der Waals surface area contributed by atoms with E-state index in [-0.39, 0.29) is 5.75 Å². The molecule has 9 heteroatoms. The largest absolute Gasteiger partial charge is 0.363 e. The molecule has 5 rings (SSSR count). The third kappa shape index (κ3) is 4.96. The van der Waals surface area contributed by atoms with Gasteiger partial charge in [-0.3, -0.25) is 9.97 Å². The molecule has 0 bridgehead atoms. The van der Waals surface area contributed by atoms with Crippen molar-refractivity contribution in [2.24, 2.45) is 0 Å². The first-order valence-corrected chi connectivity index (χ1v) is 13.4. The van der Waals surface area contributed by atoms with Gasteiger partial charge >= 0.3 is 0 Å². The molecule has 4 heterocycles. The van der Waals surface area contributed by atoms with E-state index in [0.29, 0.717) is 29.3 Å². The second-order valence-electron chi connectivity index (χ2n) is 8.79. The Morgan fingerprint density at radius 3 is 2.53 bits per heavy atom. The molecule has 0 aliphatic heterocycles. The molecule has 182 valence electrons. The molecular formula is C27H26N6O2S. The molecule has 0 aliphatic rings. The Morgan fingerprint density at radius 1 is 0.972 bits per heavy atom. The summed E-state index contributed by atoms with van der Waals surface area (Å²) in [4.78, 5) is 13.5.